The molecule has 1 aliphatic rings. The average molecular weight is 160 g/mol. The molecule has 0 saturated carbocycles. The highest BCUT2D eigenvalue weighted by Gasteiger charge is 2.31. The molecule has 0 amide bonds. The molecule has 0 unspecified atom stereocenters. The minimum atomic E-state index is -0.488. The lowest BCUT2D eigenvalue weighted by atomic mass is 10.1. The van der Waals surface area contributed by atoms with Crippen LogP contribution in [0.1, 0.15) is 27.2 Å². The van der Waals surface area contributed by atoms with Gasteiger partial charge in [0.1, 0.15) is 6.10 Å². The Morgan fingerprint density at radius 2 is 1.64 bits per heavy atom. The SMILES string of the molecule is CCC1O[C@H](C)C(O)[C@@H](C)O1. The Morgan fingerprint density at radius 3 is 2.00 bits per heavy atom. The van der Waals surface area contributed by atoms with E-state index in [0.717, 1.165) is 6.42 Å². The molecule has 0 aromatic carbocycles. The van der Waals surface area contributed by atoms with Crippen molar-refractivity contribution in [2.45, 2.75) is 51.8 Å². The minimum absolute atomic E-state index is 0.108. The summed E-state index contributed by atoms with van der Waals surface area (Å²) in [6.07, 6.45) is -0.00454. The molecule has 1 rings (SSSR count). The topological polar surface area (TPSA) is 38.7 Å². The summed E-state index contributed by atoms with van der Waals surface area (Å²) >= 11 is 0. The van der Waals surface area contributed by atoms with Crippen LogP contribution in [0.15, 0.2) is 0 Å². The summed E-state index contributed by atoms with van der Waals surface area (Å²) in [6, 6.07) is 0. The quantitative estimate of drug-likeness (QED) is 0.619. The number of ether oxygens (including phenoxy) is 2. The van der Waals surface area contributed by atoms with E-state index in [0.29, 0.717) is 0 Å². The van der Waals surface area contributed by atoms with E-state index in [4.69, 9.17) is 9.47 Å². The molecule has 1 saturated heterocycles. The molecule has 3 heteroatoms. The molecule has 66 valence electrons. The Bertz CT molecular complexity index is 115. The zero-order valence-corrected chi connectivity index (χ0v) is 7.28. The van der Waals surface area contributed by atoms with Gasteiger partial charge in [-0.2, -0.15) is 0 Å². The molecule has 2 atom stereocenters. The van der Waals surface area contributed by atoms with E-state index in [1.54, 1.807) is 0 Å². The predicted molar refractivity (Wildman–Crippen MR) is 41.2 cm³/mol. The molecular formula is C8H16O3. The van der Waals surface area contributed by atoms with E-state index < -0.39 is 6.10 Å². The molecule has 0 aromatic rings. The standard InChI is InChI=1S/C8H16O3/c1-4-7-10-5(2)8(9)6(3)11-7/h5-9H,4H2,1-3H3/t5-,6-,7?,8?/m1/s1. The van der Waals surface area contributed by atoms with Crippen LogP contribution in [0.25, 0.3) is 0 Å². The van der Waals surface area contributed by atoms with Gasteiger partial charge in [-0.05, 0) is 20.3 Å². The number of rotatable bonds is 1. The maximum absolute atomic E-state index is 9.41. The molecule has 1 heterocycles. The first-order chi connectivity index (χ1) is 5.15. The van der Waals surface area contributed by atoms with Gasteiger partial charge in [0.25, 0.3) is 0 Å². The first kappa shape index (κ1) is 8.97. The molecule has 1 N–H and O–H groups in total. The fraction of sp³-hybridized carbons (Fsp3) is 1.00. The van der Waals surface area contributed by atoms with E-state index >= 15 is 0 Å². The van der Waals surface area contributed by atoms with Crippen molar-refractivity contribution in [2.24, 2.45) is 0 Å². The van der Waals surface area contributed by atoms with Crippen LogP contribution in [0.4, 0.5) is 0 Å². The summed E-state index contributed by atoms with van der Waals surface area (Å²) in [7, 11) is 0. The highest BCUT2D eigenvalue weighted by molar-refractivity contribution is 4.75. The lowest BCUT2D eigenvalue weighted by molar-refractivity contribution is -0.275. The third-order valence-electron chi connectivity index (χ3n) is 2.03. The summed E-state index contributed by atoms with van der Waals surface area (Å²) in [5.74, 6) is 0. The smallest absolute Gasteiger partial charge is 0.158 e. The minimum Gasteiger partial charge on any atom is -0.388 e. The summed E-state index contributed by atoms with van der Waals surface area (Å²) in [5, 5.41) is 9.41. The van der Waals surface area contributed by atoms with Gasteiger partial charge < -0.3 is 14.6 Å². The van der Waals surface area contributed by atoms with Crippen molar-refractivity contribution in [3.05, 3.63) is 0 Å². The second-order valence-electron chi connectivity index (χ2n) is 3.01. The van der Waals surface area contributed by atoms with Crippen LogP contribution in [-0.2, 0) is 9.47 Å². The van der Waals surface area contributed by atoms with Crippen molar-refractivity contribution in [1.82, 2.24) is 0 Å². The van der Waals surface area contributed by atoms with E-state index in [1.807, 2.05) is 20.8 Å². The van der Waals surface area contributed by atoms with E-state index in [9.17, 15) is 5.11 Å². The van der Waals surface area contributed by atoms with Gasteiger partial charge in [-0.1, -0.05) is 6.92 Å². The number of aliphatic hydroxyl groups excluding tert-OH is 1. The van der Waals surface area contributed by atoms with Gasteiger partial charge in [-0.15, -0.1) is 0 Å². The summed E-state index contributed by atoms with van der Waals surface area (Å²) in [4.78, 5) is 0. The maximum atomic E-state index is 9.41. The van der Waals surface area contributed by atoms with Crippen LogP contribution in [0.3, 0.4) is 0 Å². The van der Waals surface area contributed by atoms with Crippen LogP contribution < -0.4 is 0 Å². The summed E-state index contributed by atoms with van der Waals surface area (Å²) in [5.41, 5.74) is 0. The Labute approximate surface area is 67.3 Å². The normalized spacial score (nSPS) is 45.8. The number of hydrogen-bond acceptors (Lipinski definition) is 3. The summed E-state index contributed by atoms with van der Waals surface area (Å²) < 4.78 is 10.7. The van der Waals surface area contributed by atoms with Crippen molar-refractivity contribution in [3.8, 4) is 0 Å². The van der Waals surface area contributed by atoms with Crippen LogP contribution in [-0.4, -0.2) is 29.7 Å². The Balaban J connectivity index is 2.47. The predicted octanol–water partition coefficient (Wildman–Crippen LogP) is 0.907. The van der Waals surface area contributed by atoms with Gasteiger partial charge in [-0.25, -0.2) is 0 Å². The molecule has 1 aliphatic heterocycles. The van der Waals surface area contributed by atoms with Crippen molar-refractivity contribution < 1.29 is 14.6 Å². The lowest BCUT2D eigenvalue weighted by Gasteiger charge is -2.36. The van der Waals surface area contributed by atoms with Gasteiger partial charge in [0.15, 0.2) is 6.29 Å². The van der Waals surface area contributed by atoms with Gasteiger partial charge in [0, 0.05) is 0 Å². The fourth-order valence-corrected chi connectivity index (χ4v) is 1.25. The van der Waals surface area contributed by atoms with E-state index in [-0.39, 0.29) is 18.5 Å². The molecule has 3 nitrogen and oxygen atoms in total. The van der Waals surface area contributed by atoms with Gasteiger partial charge in [0.05, 0.1) is 12.2 Å². The third kappa shape index (κ3) is 1.92. The first-order valence-corrected chi connectivity index (χ1v) is 4.14. The van der Waals surface area contributed by atoms with Gasteiger partial charge in [0.2, 0.25) is 0 Å². The number of aliphatic hydroxyl groups is 1. The van der Waals surface area contributed by atoms with Crippen LogP contribution >= 0.6 is 0 Å². The fourth-order valence-electron chi connectivity index (χ4n) is 1.25. The largest absolute Gasteiger partial charge is 0.388 e. The molecule has 0 aliphatic carbocycles. The Kier molecular flexibility index (Phi) is 2.87. The van der Waals surface area contributed by atoms with Crippen molar-refractivity contribution in [3.63, 3.8) is 0 Å². The second-order valence-corrected chi connectivity index (χ2v) is 3.01. The molecule has 11 heavy (non-hydrogen) atoms. The van der Waals surface area contributed by atoms with Crippen LogP contribution in [0, 0.1) is 0 Å². The molecular weight excluding hydrogens is 144 g/mol. The molecule has 0 radical (unpaired) electrons. The highest BCUT2D eigenvalue weighted by Crippen LogP contribution is 2.19. The van der Waals surface area contributed by atoms with Crippen LogP contribution in [0.2, 0.25) is 0 Å². The van der Waals surface area contributed by atoms with E-state index in [2.05, 4.69) is 0 Å². The van der Waals surface area contributed by atoms with Crippen LogP contribution in [0.5, 0.6) is 0 Å². The lowest BCUT2D eigenvalue weighted by Crippen LogP contribution is -2.47. The second kappa shape index (κ2) is 3.52. The zero-order chi connectivity index (χ0) is 8.43. The highest BCUT2D eigenvalue weighted by atomic mass is 16.7. The average Bonchev–Trinajstić information content (AvgIpc) is 1.99. The summed E-state index contributed by atoms with van der Waals surface area (Å²) in [6.45, 7) is 5.74. The third-order valence-corrected chi connectivity index (χ3v) is 2.03. The zero-order valence-electron chi connectivity index (χ0n) is 7.28. The molecule has 0 bridgehead atoms. The van der Waals surface area contributed by atoms with Crippen molar-refractivity contribution in [1.29, 1.82) is 0 Å². The van der Waals surface area contributed by atoms with Gasteiger partial charge in [-0.3, -0.25) is 0 Å². The monoisotopic (exact) mass is 160 g/mol. The van der Waals surface area contributed by atoms with Crippen molar-refractivity contribution in [2.75, 3.05) is 0 Å². The van der Waals surface area contributed by atoms with Crippen molar-refractivity contribution >= 4 is 0 Å². The number of hydrogen-bond donors (Lipinski definition) is 1. The Morgan fingerprint density at radius 1 is 1.18 bits per heavy atom. The first-order valence-electron chi connectivity index (χ1n) is 4.14. The molecule has 0 spiro atoms. The maximum Gasteiger partial charge on any atom is 0.158 e. The molecule has 1 fully saturated rings. The van der Waals surface area contributed by atoms with Gasteiger partial charge >= 0.3 is 0 Å². The molecule has 0 aromatic heterocycles. The Hall–Kier alpha value is -0.120. The van der Waals surface area contributed by atoms with E-state index in [1.165, 1.54) is 0 Å².